The lowest BCUT2D eigenvalue weighted by atomic mass is 10.0. The Hall–Kier alpha value is -1.75. The fraction of sp³-hybridized carbons (Fsp3) is 0.467. The largest absolute Gasteiger partial charge is 0.324 e. The highest BCUT2D eigenvalue weighted by Crippen LogP contribution is 2.19. The van der Waals surface area contributed by atoms with Crippen LogP contribution in [0.3, 0.4) is 0 Å². The highest BCUT2D eigenvalue weighted by Gasteiger charge is 2.14. The summed E-state index contributed by atoms with van der Waals surface area (Å²) in [7, 11) is 0. The molecule has 2 aromatic rings. The molecule has 0 amide bonds. The number of halogens is 1. The van der Waals surface area contributed by atoms with E-state index in [1.165, 1.54) is 6.20 Å². The summed E-state index contributed by atoms with van der Waals surface area (Å²) >= 11 is 0. The summed E-state index contributed by atoms with van der Waals surface area (Å²) in [6, 6.07) is 3.59. The van der Waals surface area contributed by atoms with Crippen LogP contribution >= 0.6 is 0 Å². The molecule has 4 nitrogen and oxygen atoms in total. The fourth-order valence-corrected chi connectivity index (χ4v) is 2.37. The van der Waals surface area contributed by atoms with Crippen LogP contribution in [0.15, 0.2) is 30.7 Å². The molecule has 0 spiro atoms. The number of aromatic nitrogens is 3. The van der Waals surface area contributed by atoms with Crippen molar-refractivity contribution in [2.24, 2.45) is 5.73 Å². The maximum atomic E-state index is 13.6. The molecule has 1 atom stereocenters. The van der Waals surface area contributed by atoms with E-state index < -0.39 is 6.04 Å². The van der Waals surface area contributed by atoms with Gasteiger partial charge in [0.05, 0.1) is 17.9 Å². The summed E-state index contributed by atoms with van der Waals surface area (Å²) < 4.78 is 15.6. The van der Waals surface area contributed by atoms with Crippen LogP contribution in [0.4, 0.5) is 4.39 Å². The molecule has 2 rings (SSSR count). The third kappa shape index (κ3) is 3.22. The molecule has 1 unspecified atom stereocenters. The van der Waals surface area contributed by atoms with Crippen LogP contribution < -0.4 is 5.73 Å². The van der Waals surface area contributed by atoms with Crippen LogP contribution in [-0.2, 0) is 6.42 Å². The van der Waals surface area contributed by atoms with Gasteiger partial charge in [-0.2, -0.15) is 5.10 Å². The minimum absolute atomic E-state index is 0.362. The molecule has 0 bridgehead atoms. The molecule has 0 fully saturated rings. The lowest BCUT2D eigenvalue weighted by molar-refractivity contribution is 0.424. The predicted octanol–water partition coefficient (Wildman–Crippen LogP) is 3.02. The molecular formula is C15H21FN4. The third-order valence-corrected chi connectivity index (χ3v) is 3.61. The molecule has 0 radical (unpaired) electrons. The molecule has 5 heteroatoms. The summed E-state index contributed by atoms with van der Waals surface area (Å²) in [4.78, 5) is 3.73. The zero-order valence-electron chi connectivity index (χ0n) is 12.0. The van der Waals surface area contributed by atoms with Crippen molar-refractivity contribution in [3.05, 3.63) is 47.8 Å². The average molecular weight is 276 g/mol. The first kappa shape index (κ1) is 14.7. The number of rotatable bonds is 6. The van der Waals surface area contributed by atoms with Gasteiger partial charge >= 0.3 is 0 Å². The standard InChI is InChI=1S/C15H21FN4/c1-3-12(4-2)20-8-6-11(19-20)9-15(17)13-5-7-18-10-14(13)16/h5-8,10,12,15H,3-4,9,17H2,1-2H3. The average Bonchev–Trinajstić information content (AvgIpc) is 2.89. The van der Waals surface area contributed by atoms with Crippen molar-refractivity contribution < 1.29 is 4.39 Å². The number of nitrogens with two attached hydrogens (primary N) is 1. The SMILES string of the molecule is CCC(CC)n1ccc(CC(N)c2ccncc2F)n1. The molecule has 0 aliphatic heterocycles. The number of hydrogen-bond donors (Lipinski definition) is 1. The third-order valence-electron chi connectivity index (χ3n) is 3.61. The van der Waals surface area contributed by atoms with E-state index in [2.05, 4.69) is 23.9 Å². The molecule has 0 saturated carbocycles. The zero-order valence-corrected chi connectivity index (χ0v) is 12.0. The van der Waals surface area contributed by atoms with E-state index in [0.717, 1.165) is 18.5 Å². The number of pyridine rings is 1. The Bertz CT molecular complexity index is 548. The van der Waals surface area contributed by atoms with Gasteiger partial charge < -0.3 is 5.73 Å². The van der Waals surface area contributed by atoms with Gasteiger partial charge in [-0.1, -0.05) is 13.8 Å². The monoisotopic (exact) mass is 276 g/mol. The minimum atomic E-state index is -0.400. The van der Waals surface area contributed by atoms with E-state index in [9.17, 15) is 4.39 Å². The van der Waals surface area contributed by atoms with Crippen molar-refractivity contribution in [2.45, 2.75) is 45.2 Å². The second-order valence-corrected chi connectivity index (χ2v) is 4.97. The van der Waals surface area contributed by atoms with Crippen molar-refractivity contribution in [3.63, 3.8) is 0 Å². The Balaban J connectivity index is 2.09. The van der Waals surface area contributed by atoms with Crippen LogP contribution in [0.1, 0.15) is 50.0 Å². The molecule has 20 heavy (non-hydrogen) atoms. The first-order valence-electron chi connectivity index (χ1n) is 7.04. The number of hydrogen-bond acceptors (Lipinski definition) is 3. The molecular weight excluding hydrogens is 255 g/mol. The summed E-state index contributed by atoms with van der Waals surface area (Å²) in [6.45, 7) is 4.29. The van der Waals surface area contributed by atoms with Crippen LogP contribution in [0, 0.1) is 5.82 Å². The van der Waals surface area contributed by atoms with Gasteiger partial charge in [0.2, 0.25) is 0 Å². The minimum Gasteiger partial charge on any atom is -0.324 e. The van der Waals surface area contributed by atoms with E-state index in [4.69, 9.17) is 5.73 Å². The van der Waals surface area contributed by atoms with E-state index in [0.29, 0.717) is 18.0 Å². The quantitative estimate of drug-likeness (QED) is 0.882. The van der Waals surface area contributed by atoms with Gasteiger partial charge in [-0.25, -0.2) is 4.39 Å². The van der Waals surface area contributed by atoms with Gasteiger partial charge in [0, 0.05) is 30.4 Å². The Labute approximate surface area is 118 Å². The van der Waals surface area contributed by atoms with Crippen LogP contribution in [-0.4, -0.2) is 14.8 Å². The van der Waals surface area contributed by atoms with Crippen molar-refractivity contribution in [1.82, 2.24) is 14.8 Å². The lowest BCUT2D eigenvalue weighted by Gasteiger charge is -2.13. The second kappa shape index (κ2) is 6.61. The van der Waals surface area contributed by atoms with Gasteiger partial charge in [-0.05, 0) is 25.0 Å². The summed E-state index contributed by atoms with van der Waals surface area (Å²) in [6.07, 6.45) is 7.33. The van der Waals surface area contributed by atoms with Crippen LogP contribution in [0.25, 0.3) is 0 Å². The van der Waals surface area contributed by atoms with Crippen LogP contribution in [0.5, 0.6) is 0 Å². The molecule has 0 aromatic carbocycles. The van der Waals surface area contributed by atoms with E-state index in [1.807, 2.05) is 16.9 Å². The van der Waals surface area contributed by atoms with Crippen LogP contribution in [0.2, 0.25) is 0 Å². The van der Waals surface area contributed by atoms with Gasteiger partial charge in [-0.3, -0.25) is 9.67 Å². The van der Waals surface area contributed by atoms with E-state index in [1.54, 1.807) is 12.3 Å². The zero-order chi connectivity index (χ0) is 14.5. The van der Waals surface area contributed by atoms with Crippen molar-refractivity contribution in [3.8, 4) is 0 Å². The molecule has 0 aliphatic rings. The smallest absolute Gasteiger partial charge is 0.146 e. The van der Waals surface area contributed by atoms with Crippen molar-refractivity contribution >= 4 is 0 Å². The fourth-order valence-electron chi connectivity index (χ4n) is 2.37. The Kier molecular flexibility index (Phi) is 4.84. The normalized spacial score (nSPS) is 12.8. The topological polar surface area (TPSA) is 56.7 Å². The van der Waals surface area contributed by atoms with Crippen molar-refractivity contribution in [1.29, 1.82) is 0 Å². The first-order valence-corrected chi connectivity index (χ1v) is 7.04. The Morgan fingerprint density at radius 3 is 2.70 bits per heavy atom. The Morgan fingerprint density at radius 1 is 1.30 bits per heavy atom. The van der Waals surface area contributed by atoms with Gasteiger partial charge in [0.15, 0.2) is 0 Å². The highest BCUT2D eigenvalue weighted by atomic mass is 19.1. The molecule has 0 aliphatic carbocycles. The molecule has 2 N–H and O–H groups in total. The van der Waals surface area contributed by atoms with E-state index in [-0.39, 0.29) is 5.82 Å². The molecule has 2 aromatic heterocycles. The summed E-state index contributed by atoms with van der Waals surface area (Å²) in [5, 5.41) is 4.55. The Morgan fingerprint density at radius 2 is 2.05 bits per heavy atom. The van der Waals surface area contributed by atoms with Gasteiger partial charge in [-0.15, -0.1) is 0 Å². The summed E-state index contributed by atoms with van der Waals surface area (Å²) in [5.41, 5.74) is 7.43. The predicted molar refractivity (Wildman–Crippen MR) is 76.7 cm³/mol. The first-order chi connectivity index (χ1) is 9.65. The summed E-state index contributed by atoms with van der Waals surface area (Å²) in [5.74, 6) is -0.362. The maximum Gasteiger partial charge on any atom is 0.146 e. The molecule has 108 valence electrons. The maximum absolute atomic E-state index is 13.6. The second-order valence-electron chi connectivity index (χ2n) is 4.97. The molecule has 0 saturated heterocycles. The highest BCUT2D eigenvalue weighted by molar-refractivity contribution is 5.19. The number of nitrogens with zero attached hydrogens (tertiary/aromatic N) is 3. The van der Waals surface area contributed by atoms with Gasteiger partial charge in [0.25, 0.3) is 0 Å². The van der Waals surface area contributed by atoms with E-state index >= 15 is 0 Å². The molecule has 2 heterocycles. The van der Waals surface area contributed by atoms with Gasteiger partial charge in [0.1, 0.15) is 5.82 Å². The van der Waals surface area contributed by atoms with Crippen molar-refractivity contribution in [2.75, 3.05) is 0 Å². The lowest BCUT2D eigenvalue weighted by Crippen LogP contribution is -2.16.